The molecule has 0 aliphatic carbocycles. The maximum absolute atomic E-state index is 11.4. The fourth-order valence-electron chi connectivity index (χ4n) is 2.00. The summed E-state index contributed by atoms with van der Waals surface area (Å²) in [6.45, 7) is 2.31. The largest absolute Gasteiger partial charge is 0.330 e. The summed E-state index contributed by atoms with van der Waals surface area (Å²) in [5.74, 6) is 0.886. The first kappa shape index (κ1) is 15.2. The third kappa shape index (κ3) is 5.19. The molecule has 0 aliphatic heterocycles. The molecule has 0 aromatic heterocycles. The molecule has 1 aromatic rings. The molecule has 4 heteroatoms. The van der Waals surface area contributed by atoms with Crippen molar-refractivity contribution in [3.8, 4) is 0 Å². The number of nitrogens with two attached hydrogens (primary N) is 1. The number of rotatable bonds is 8. The smallest absolute Gasteiger partial charge is 0.150 e. The Bertz CT molecular complexity index is 428. The molecular formula is C14H23NO2S. The fraction of sp³-hybridized carbons (Fsp3) is 0.571. The van der Waals surface area contributed by atoms with Gasteiger partial charge < -0.3 is 5.73 Å². The molecule has 0 saturated heterocycles. The van der Waals surface area contributed by atoms with Crippen LogP contribution in [0.15, 0.2) is 30.3 Å². The molecule has 0 heterocycles. The van der Waals surface area contributed by atoms with Gasteiger partial charge in [0.1, 0.15) is 9.84 Å². The van der Waals surface area contributed by atoms with E-state index in [-0.39, 0.29) is 5.75 Å². The average Bonchev–Trinajstić information content (AvgIpc) is 2.40. The van der Waals surface area contributed by atoms with Crippen LogP contribution in [0.5, 0.6) is 0 Å². The van der Waals surface area contributed by atoms with Gasteiger partial charge in [-0.3, -0.25) is 0 Å². The molecule has 0 bridgehead atoms. The zero-order chi connectivity index (χ0) is 13.4. The summed E-state index contributed by atoms with van der Waals surface area (Å²) >= 11 is 0. The number of unbranched alkanes of at least 4 members (excludes halogenated alkanes) is 1. The van der Waals surface area contributed by atoms with Crippen molar-refractivity contribution in [2.75, 3.05) is 18.1 Å². The third-order valence-electron chi connectivity index (χ3n) is 3.25. The summed E-state index contributed by atoms with van der Waals surface area (Å²) in [6, 6.07) is 10.2. The van der Waals surface area contributed by atoms with Crippen molar-refractivity contribution < 1.29 is 8.42 Å². The highest BCUT2D eigenvalue weighted by molar-refractivity contribution is 7.91. The van der Waals surface area contributed by atoms with Gasteiger partial charge in [0.15, 0.2) is 0 Å². The quantitative estimate of drug-likeness (QED) is 0.737. The molecule has 0 saturated carbocycles. The number of hydrogen-bond acceptors (Lipinski definition) is 3. The lowest BCUT2D eigenvalue weighted by Gasteiger charge is -2.14. The Balaban J connectivity index is 2.38. The van der Waals surface area contributed by atoms with Gasteiger partial charge in [0.2, 0.25) is 0 Å². The molecule has 1 atom stereocenters. The fourth-order valence-corrected chi connectivity index (χ4v) is 2.94. The first-order valence-corrected chi connectivity index (χ1v) is 8.36. The van der Waals surface area contributed by atoms with Crippen LogP contribution in [0.2, 0.25) is 0 Å². The van der Waals surface area contributed by atoms with E-state index in [0.717, 1.165) is 19.3 Å². The average molecular weight is 269 g/mol. The van der Waals surface area contributed by atoms with Gasteiger partial charge in [-0.1, -0.05) is 43.7 Å². The molecule has 0 amide bonds. The Morgan fingerprint density at radius 2 is 1.83 bits per heavy atom. The normalized spacial score (nSPS) is 13.4. The van der Waals surface area contributed by atoms with Crippen LogP contribution in [0.25, 0.3) is 0 Å². The van der Waals surface area contributed by atoms with Crippen LogP contribution in [-0.4, -0.2) is 26.5 Å². The zero-order valence-corrected chi connectivity index (χ0v) is 11.8. The van der Waals surface area contributed by atoms with Gasteiger partial charge in [0, 0.05) is 5.75 Å². The monoisotopic (exact) mass is 269 g/mol. The second-order valence-corrected chi connectivity index (χ2v) is 7.05. The minimum Gasteiger partial charge on any atom is -0.330 e. The van der Waals surface area contributed by atoms with Crippen LogP contribution in [0.3, 0.4) is 0 Å². The lowest BCUT2D eigenvalue weighted by Crippen LogP contribution is -2.13. The van der Waals surface area contributed by atoms with Crippen LogP contribution >= 0.6 is 0 Å². The molecule has 18 heavy (non-hydrogen) atoms. The van der Waals surface area contributed by atoms with Crippen LogP contribution in [0.1, 0.15) is 37.7 Å². The van der Waals surface area contributed by atoms with E-state index in [1.807, 2.05) is 18.2 Å². The molecule has 1 rings (SSSR count). The first-order chi connectivity index (χ1) is 8.59. The van der Waals surface area contributed by atoms with Crippen molar-refractivity contribution in [2.24, 2.45) is 5.73 Å². The van der Waals surface area contributed by atoms with E-state index in [4.69, 9.17) is 5.73 Å². The van der Waals surface area contributed by atoms with E-state index < -0.39 is 9.84 Å². The number of benzene rings is 1. The molecule has 102 valence electrons. The Hall–Kier alpha value is -0.870. The Morgan fingerprint density at radius 3 is 2.39 bits per heavy atom. The van der Waals surface area contributed by atoms with Crippen LogP contribution in [0.4, 0.5) is 0 Å². The van der Waals surface area contributed by atoms with E-state index in [9.17, 15) is 8.42 Å². The highest BCUT2D eigenvalue weighted by Gasteiger charge is 2.11. The summed E-state index contributed by atoms with van der Waals surface area (Å²) in [4.78, 5) is 0. The highest BCUT2D eigenvalue weighted by atomic mass is 32.2. The van der Waals surface area contributed by atoms with Crippen molar-refractivity contribution in [1.82, 2.24) is 0 Å². The minimum atomic E-state index is -2.82. The Morgan fingerprint density at radius 1 is 1.17 bits per heavy atom. The van der Waals surface area contributed by atoms with Crippen LogP contribution in [0, 0.1) is 0 Å². The molecule has 3 nitrogen and oxygen atoms in total. The minimum absolute atomic E-state index is 0.242. The van der Waals surface area contributed by atoms with E-state index in [1.165, 1.54) is 5.56 Å². The maximum Gasteiger partial charge on any atom is 0.150 e. The van der Waals surface area contributed by atoms with Crippen molar-refractivity contribution in [3.63, 3.8) is 0 Å². The van der Waals surface area contributed by atoms with Gasteiger partial charge in [-0.25, -0.2) is 8.42 Å². The van der Waals surface area contributed by atoms with Crippen LogP contribution in [-0.2, 0) is 9.84 Å². The molecular weight excluding hydrogens is 246 g/mol. The van der Waals surface area contributed by atoms with Crippen molar-refractivity contribution in [1.29, 1.82) is 0 Å². The van der Waals surface area contributed by atoms with Crippen molar-refractivity contribution in [3.05, 3.63) is 35.9 Å². The van der Waals surface area contributed by atoms with Crippen molar-refractivity contribution in [2.45, 2.75) is 32.1 Å². The van der Waals surface area contributed by atoms with E-state index in [1.54, 1.807) is 6.92 Å². The Kier molecular flexibility index (Phi) is 6.36. The van der Waals surface area contributed by atoms with Crippen molar-refractivity contribution >= 4 is 9.84 Å². The number of sulfone groups is 1. The zero-order valence-electron chi connectivity index (χ0n) is 11.0. The molecule has 1 aromatic carbocycles. The molecule has 0 radical (unpaired) electrons. The standard InChI is InChI=1S/C14H23NO2S/c1-2-18(16,17)11-7-6-10-14(12-15)13-8-4-3-5-9-13/h3-5,8-9,14H,2,6-7,10-12,15H2,1H3. The lowest BCUT2D eigenvalue weighted by molar-refractivity contribution is 0.573. The van der Waals surface area contributed by atoms with E-state index in [2.05, 4.69) is 12.1 Å². The molecule has 0 aliphatic rings. The van der Waals surface area contributed by atoms with E-state index >= 15 is 0 Å². The predicted molar refractivity (Wildman–Crippen MR) is 76.4 cm³/mol. The second-order valence-electron chi connectivity index (χ2n) is 4.58. The van der Waals surface area contributed by atoms with Gasteiger partial charge in [0.05, 0.1) is 5.75 Å². The maximum atomic E-state index is 11.4. The molecule has 0 spiro atoms. The molecule has 0 fully saturated rings. The molecule has 2 N–H and O–H groups in total. The van der Waals surface area contributed by atoms with Gasteiger partial charge >= 0.3 is 0 Å². The summed E-state index contributed by atoms with van der Waals surface area (Å²) in [5.41, 5.74) is 7.03. The van der Waals surface area contributed by atoms with E-state index in [0.29, 0.717) is 18.2 Å². The topological polar surface area (TPSA) is 60.2 Å². The van der Waals surface area contributed by atoms with Gasteiger partial charge in [0.25, 0.3) is 0 Å². The predicted octanol–water partition coefficient (Wildman–Crippen LogP) is 2.33. The van der Waals surface area contributed by atoms with Gasteiger partial charge in [-0.15, -0.1) is 0 Å². The van der Waals surface area contributed by atoms with Gasteiger partial charge in [-0.2, -0.15) is 0 Å². The first-order valence-electron chi connectivity index (χ1n) is 6.54. The van der Waals surface area contributed by atoms with Crippen LogP contribution < -0.4 is 5.73 Å². The highest BCUT2D eigenvalue weighted by Crippen LogP contribution is 2.20. The SMILES string of the molecule is CCS(=O)(=O)CCCCC(CN)c1ccccc1. The second kappa shape index (κ2) is 7.54. The Labute approximate surface area is 110 Å². The van der Waals surface area contributed by atoms with Gasteiger partial charge in [-0.05, 0) is 30.9 Å². The summed E-state index contributed by atoms with van der Waals surface area (Å²) in [7, 11) is -2.82. The summed E-state index contributed by atoms with van der Waals surface area (Å²) in [5, 5.41) is 0. The third-order valence-corrected chi connectivity index (χ3v) is 5.04. The summed E-state index contributed by atoms with van der Waals surface area (Å²) in [6.07, 6.45) is 2.61. The summed E-state index contributed by atoms with van der Waals surface area (Å²) < 4.78 is 22.7. The molecule has 1 unspecified atom stereocenters. The lowest BCUT2D eigenvalue weighted by atomic mass is 9.94. The number of hydrogen-bond donors (Lipinski definition) is 1.